The number of aliphatic hydroxyl groups excluding tert-OH is 1. The lowest BCUT2D eigenvalue weighted by atomic mass is 9.90. The Morgan fingerprint density at radius 1 is 1.23 bits per heavy atom. The highest BCUT2D eigenvalue weighted by Gasteiger charge is 2.52. The molecule has 3 heterocycles. The molecule has 3 aromatic rings. The van der Waals surface area contributed by atoms with Gasteiger partial charge in [-0.1, -0.05) is 12.1 Å². The number of anilines is 1. The molecule has 0 bridgehead atoms. The van der Waals surface area contributed by atoms with Crippen LogP contribution in [0.4, 0.5) is 27.6 Å². The van der Waals surface area contributed by atoms with Gasteiger partial charge in [-0.3, -0.25) is 14.6 Å². The van der Waals surface area contributed by atoms with E-state index in [1.165, 1.54) is 17.1 Å². The number of hydrazine groups is 1. The predicted octanol–water partition coefficient (Wildman–Crippen LogP) is 4.88. The molecule has 0 radical (unpaired) electrons. The van der Waals surface area contributed by atoms with Crippen LogP contribution < -0.4 is 10.1 Å². The fraction of sp³-hybridized carbons (Fsp3) is 0.276. The van der Waals surface area contributed by atoms with Crippen molar-refractivity contribution < 1.29 is 41.4 Å². The second-order valence-electron chi connectivity index (χ2n) is 10.2. The van der Waals surface area contributed by atoms with Gasteiger partial charge in [0.05, 0.1) is 30.4 Å². The highest BCUT2D eigenvalue weighted by molar-refractivity contribution is 6.24. The van der Waals surface area contributed by atoms with E-state index in [2.05, 4.69) is 15.3 Å². The van der Waals surface area contributed by atoms with Crippen LogP contribution in [0, 0.1) is 23.0 Å². The standard InChI is InChI=1S/C29H23F5N6O4/c1-28-9-4-10-40(28)39(13-15-5-3-6-18(30)22(15)31)27(43)21(25(28)41)26(42)38-19-8-7-16(29(32,33)34)11-17(19)23-24(44-2)20(12-35)36-14-37-23/h3,5-8,11,14,41H,4,9-10,13H2,1-2H3,(H,38,42)/t28-/m1/s1. The number of amides is 2. The van der Waals surface area contributed by atoms with Crippen LogP contribution in [0.5, 0.6) is 5.75 Å². The summed E-state index contributed by atoms with van der Waals surface area (Å²) in [6, 6.07) is 7.49. The van der Waals surface area contributed by atoms with Gasteiger partial charge in [0, 0.05) is 17.7 Å². The lowest BCUT2D eigenvalue weighted by molar-refractivity contribution is -0.160. The molecule has 15 heteroatoms. The molecule has 228 valence electrons. The Morgan fingerprint density at radius 2 is 1.98 bits per heavy atom. The van der Waals surface area contributed by atoms with Crippen LogP contribution in [-0.2, 0) is 22.3 Å². The van der Waals surface area contributed by atoms with Crippen LogP contribution >= 0.6 is 0 Å². The molecular weight excluding hydrogens is 591 g/mol. The minimum absolute atomic E-state index is 0.178. The van der Waals surface area contributed by atoms with E-state index in [0.29, 0.717) is 25.0 Å². The summed E-state index contributed by atoms with van der Waals surface area (Å²) in [6.45, 7) is 1.36. The van der Waals surface area contributed by atoms with Crippen molar-refractivity contribution >= 4 is 17.5 Å². The number of benzene rings is 2. The van der Waals surface area contributed by atoms with E-state index < -0.39 is 58.6 Å². The monoisotopic (exact) mass is 614 g/mol. The molecule has 2 aliphatic rings. The Kier molecular flexibility index (Phi) is 7.72. The largest absolute Gasteiger partial charge is 0.509 e. The van der Waals surface area contributed by atoms with Crippen LogP contribution in [0.3, 0.4) is 0 Å². The molecule has 2 amide bonds. The van der Waals surface area contributed by atoms with Gasteiger partial charge < -0.3 is 15.2 Å². The van der Waals surface area contributed by atoms with E-state index in [1.807, 2.05) is 0 Å². The van der Waals surface area contributed by atoms with Crippen LogP contribution in [-0.4, -0.2) is 56.1 Å². The number of aromatic nitrogens is 2. The van der Waals surface area contributed by atoms with E-state index in [-0.39, 0.29) is 40.5 Å². The molecule has 0 unspecified atom stereocenters. The average Bonchev–Trinajstić information content (AvgIpc) is 3.39. The number of fused-ring (bicyclic) bond motifs is 1. The van der Waals surface area contributed by atoms with Crippen molar-refractivity contribution in [3.05, 3.63) is 82.5 Å². The van der Waals surface area contributed by atoms with E-state index in [0.717, 1.165) is 30.6 Å². The maximum atomic E-state index is 14.6. The molecule has 44 heavy (non-hydrogen) atoms. The summed E-state index contributed by atoms with van der Waals surface area (Å²) < 4.78 is 74.8. The molecule has 1 atom stereocenters. The van der Waals surface area contributed by atoms with Crippen molar-refractivity contribution in [3.8, 4) is 23.1 Å². The minimum atomic E-state index is -4.80. The zero-order chi connectivity index (χ0) is 32.0. The number of nitrogens with one attached hydrogen (secondary N) is 1. The third-order valence-corrected chi connectivity index (χ3v) is 7.63. The smallest absolute Gasteiger partial charge is 0.416 e. The van der Waals surface area contributed by atoms with Gasteiger partial charge >= 0.3 is 6.18 Å². The summed E-state index contributed by atoms with van der Waals surface area (Å²) in [5.74, 6) is -5.40. The van der Waals surface area contributed by atoms with Crippen molar-refractivity contribution in [1.29, 1.82) is 5.26 Å². The molecule has 1 fully saturated rings. The summed E-state index contributed by atoms with van der Waals surface area (Å²) in [4.78, 5) is 35.2. The maximum absolute atomic E-state index is 14.6. The predicted molar refractivity (Wildman–Crippen MR) is 143 cm³/mol. The van der Waals surface area contributed by atoms with Crippen molar-refractivity contribution in [3.63, 3.8) is 0 Å². The number of aliphatic hydroxyl groups is 1. The highest BCUT2D eigenvalue weighted by atomic mass is 19.4. The van der Waals surface area contributed by atoms with E-state index in [1.54, 1.807) is 13.0 Å². The number of carbonyl (C=O) groups excluding carboxylic acids is 2. The van der Waals surface area contributed by atoms with Gasteiger partial charge in [-0.2, -0.15) is 18.4 Å². The van der Waals surface area contributed by atoms with Gasteiger partial charge in [0.1, 0.15) is 29.4 Å². The number of methoxy groups -OCH3 is 1. The molecule has 1 aromatic heterocycles. The highest BCUT2D eigenvalue weighted by Crippen LogP contribution is 2.43. The van der Waals surface area contributed by atoms with E-state index in [9.17, 15) is 41.9 Å². The van der Waals surface area contributed by atoms with Gasteiger partial charge in [-0.05, 0) is 44.0 Å². The fourth-order valence-electron chi connectivity index (χ4n) is 5.43. The first-order chi connectivity index (χ1) is 20.8. The molecule has 5 rings (SSSR count). The Hall–Kier alpha value is -5.10. The summed E-state index contributed by atoms with van der Waals surface area (Å²) in [7, 11) is 1.16. The number of carbonyl (C=O) groups is 2. The summed E-state index contributed by atoms with van der Waals surface area (Å²) in [5.41, 5.74) is -4.43. The second kappa shape index (κ2) is 11.2. The number of halogens is 5. The average molecular weight is 615 g/mol. The molecule has 2 aliphatic heterocycles. The normalized spacial score (nSPS) is 18.7. The van der Waals surface area contributed by atoms with Gasteiger partial charge in [-0.25, -0.2) is 23.8 Å². The van der Waals surface area contributed by atoms with Crippen LogP contribution in [0.2, 0.25) is 0 Å². The molecule has 2 N–H and O–H groups in total. The maximum Gasteiger partial charge on any atom is 0.416 e. The second-order valence-corrected chi connectivity index (χ2v) is 10.2. The number of rotatable bonds is 6. The van der Waals surface area contributed by atoms with E-state index in [4.69, 9.17) is 4.74 Å². The van der Waals surface area contributed by atoms with Crippen molar-refractivity contribution in [2.75, 3.05) is 19.0 Å². The van der Waals surface area contributed by atoms with Crippen LogP contribution in [0.25, 0.3) is 11.3 Å². The van der Waals surface area contributed by atoms with Crippen LogP contribution in [0.1, 0.15) is 36.6 Å². The first-order valence-corrected chi connectivity index (χ1v) is 13.1. The SMILES string of the molecule is COc1c(C#N)ncnc1-c1cc(C(F)(F)F)ccc1NC(=O)C1=C(O)[C@@]2(C)CCCN2N(Cc2cccc(F)c2F)C1=O. The molecule has 0 aliphatic carbocycles. The number of nitrogens with zero attached hydrogens (tertiary/aromatic N) is 5. The fourth-order valence-corrected chi connectivity index (χ4v) is 5.43. The topological polar surface area (TPSA) is 132 Å². The molecular formula is C29H23F5N6O4. The zero-order valence-electron chi connectivity index (χ0n) is 23.2. The third-order valence-electron chi connectivity index (χ3n) is 7.63. The Balaban J connectivity index is 1.59. The Bertz CT molecular complexity index is 1750. The minimum Gasteiger partial charge on any atom is -0.509 e. The lowest BCUT2D eigenvalue weighted by Crippen LogP contribution is -2.60. The van der Waals surface area contributed by atoms with Gasteiger partial charge in [-0.15, -0.1) is 0 Å². The first-order valence-electron chi connectivity index (χ1n) is 13.1. The lowest BCUT2D eigenvalue weighted by Gasteiger charge is -2.46. The quantitative estimate of drug-likeness (QED) is 0.297. The van der Waals surface area contributed by atoms with Crippen LogP contribution in [0.15, 0.2) is 54.1 Å². The molecule has 0 spiro atoms. The van der Waals surface area contributed by atoms with E-state index >= 15 is 0 Å². The molecule has 10 nitrogen and oxygen atoms in total. The number of hydrogen-bond donors (Lipinski definition) is 2. The van der Waals surface area contributed by atoms with Crippen molar-refractivity contribution in [1.82, 2.24) is 20.0 Å². The van der Waals surface area contributed by atoms with Gasteiger partial charge in [0.2, 0.25) is 0 Å². The number of hydrogen-bond acceptors (Lipinski definition) is 8. The van der Waals surface area contributed by atoms with Crippen molar-refractivity contribution in [2.24, 2.45) is 0 Å². The molecule has 2 aromatic carbocycles. The number of nitriles is 1. The molecule has 0 saturated carbocycles. The van der Waals surface area contributed by atoms with Crippen molar-refractivity contribution in [2.45, 2.75) is 38.0 Å². The summed E-state index contributed by atoms with van der Waals surface area (Å²) in [6.07, 6.45) is -3.09. The van der Waals surface area contributed by atoms with Gasteiger partial charge in [0.15, 0.2) is 23.1 Å². The number of alkyl halides is 3. The summed E-state index contributed by atoms with van der Waals surface area (Å²) in [5, 5.41) is 25.6. The Labute approximate surface area is 247 Å². The summed E-state index contributed by atoms with van der Waals surface area (Å²) >= 11 is 0. The first kappa shape index (κ1) is 30.4. The zero-order valence-corrected chi connectivity index (χ0v) is 23.2. The van der Waals surface area contributed by atoms with Gasteiger partial charge in [0.25, 0.3) is 11.8 Å². The molecule has 1 saturated heterocycles. The number of ether oxygens (including phenoxy) is 1. The Morgan fingerprint density at radius 3 is 2.66 bits per heavy atom. The third kappa shape index (κ3) is 5.06.